The molecule has 0 aliphatic carbocycles. The molecule has 2 amide bonds. The summed E-state index contributed by atoms with van der Waals surface area (Å²) in [5.74, 6) is -1.46. The van der Waals surface area contributed by atoms with Gasteiger partial charge in [-0.25, -0.2) is 4.98 Å². The number of hydrogen-bond acceptors (Lipinski definition) is 4. The van der Waals surface area contributed by atoms with E-state index in [1.54, 1.807) is 24.3 Å². The van der Waals surface area contributed by atoms with Crippen LogP contribution in [-0.4, -0.2) is 60.0 Å². The lowest BCUT2D eigenvalue weighted by Crippen LogP contribution is -2.44. The summed E-state index contributed by atoms with van der Waals surface area (Å²) in [6.07, 6.45) is -3.37. The van der Waals surface area contributed by atoms with Gasteiger partial charge in [-0.05, 0) is 0 Å². The molecule has 0 saturated heterocycles. The summed E-state index contributed by atoms with van der Waals surface area (Å²) in [6, 6.07) is 8.99. The largest absolute Gasteiger partial charge is 0.406 e. The molecule has 1 aromatic carbocycles. The molecular weight excluding hydrogens is 355 g/mol. The summed E-state index contributed by atoms with van der Waals surface area (Å²) in [7, 11) is 2.83. The van der Waals surface area contributed by atoms with Gasteiger partial charge in [0.25, 0.3) is 5.91 Å². The van der Waals surface area contributed by atoms with Crippen LogP contribution >= 0.6 is 11.3 Å². The van der Waals surface area contributed by atoms with Gasteiger partial charge >= 0.3 is 6.18 Å². The molecule has 0 atom stereocenters. The monoisotopic (exact) mass is 371 g/mol. The van der Waals surface area contributed by atoms with E-state index in [-0.39, 0.29) is 4.88 Å². The molecule has 2 aromatic rings. The van der Waals surface area contributed by atoms with Crippen molar-refractivity contribution in [1.29, 1.82) is 0 Å². The van der Waals surface area contributed by atoms with E-state index in [0.29, 0.717) is 9.91 Å². The molecule has 0 unspecified atom stereocenters. The molecule has 0 radical (unpaired) electrons. The maximum atomic E-state index is 12.8. The summed E-state index contributed by atoms with van der Waals surface area (Å²) in [6.45, 7) is -2.14. The van der Waals surface area contributed by atoms with E-state index in [0.717, 1.165) is 21.8 Å². The summed E-state index contributed by atoms with van der Waals surface area (Å²) in [5, 5.41) is 0.523. The number of halogens is 3. The van der Waals surface area contributed by atoms with Gasteiger partial charge in [-0.2, -0.15) is 13.2 Å². The van der Waals surface area contributed by atoms with Crippen molar-refractivity contribution in [3.8, 4) is 10.6 Å². The molecule has 0 fully saturated rings. The Morgan fingerprint density at radius 2 is 1.80 bits per heavy atom. The Morgan fingerprint density at radius 1 is 1.16 bits per heavy atom. The lowest BCUT2D eigenvalue weighted by molar-refractivity contribution is -0.146. The number of rotatable bonds is 5. The molecule has 1 heterocycles. The molecule has 1 aromatic heterocycles. The number of likely N-dealkylation sites (N-methyl/N-ethyl adjacent to an activating group) is 1. The highest BCUT2D eigenvalue weighted by Crippen LogP contribution is 2.26. The van der Waals surface area contributed by atoms with Crippen LogP contribution in [0, 0.1) is 0 Å². The molecule has 0 aliphatic rings. The lowest BCUT2D eigenvalue weighted by Gasteiger charge is -2.24. The smallest absolute Gasteiger partial charge is 0.347 e. The van der Waals surface area contributed by atoms with Gasteiger partial charge in [-0.15, -0.1) is 11.3 Å². The molecule has 0 N–H and O–H groups in total. The fourth-order valence-electron chi connectivity index (χ4n) is 1.96. The van der Waals surface area contributed by atoms with Crippen LogP contribution in [0.3, 0.4) is 0 Å². The number of amides is 2. The summed E-state index contributed by atoms with van der Waals surface area (Å²) in [4.78, 5) is 30.0. The van der Waals surface area contributed by atoms with Gasteiger partial charge in [0.05, 0.1) is 6.20 Å². The minimum absolute atomic E-state index is 0.0506. The Bertz CT molecular complexity index is 745. The molecule has 0 aliphatic heterocycles. The van der Waals surface area contributed by atoms with Crippen molar-refractivity contribution >= 4 is 23.2 Å². The Labute approximate surface area is 146 Å². The highest BCUT2D eigenvalue weighted by Gasteiger charge is 2.35. The quantitative estimate of drug-likeness (QED) is 0.812. The number of carbonyl (C=O) groups is 2. The molecule has 0 saturated carbocycles. The van der Waals surface area contributed by atoms with Crippen LogP contribution in [0.5, 0.6) is 0 Å². The first-order chi connectivity index (χ1) is 11.7. The van der Waals surface area contributed by atoms with E-state index in [4.69, 9.17) is 0 Å². The Balaban J connectivity index is 2.23. The molecule has 2 rings (SSSR count). The average Bonchev–Trinajstić information content (AvgIpc) is 3.03. The van der Waals surface area contributed by atoms with Crippen molar-refractivity contribution in [3.63, 3.8) is 0 Å². The summed E-state index contributed by atoms with van der Waals surface area (Å²) >= 11 is 0.989. The molecule has 134 valence electrons. The molecule has 25 heavy (non-hydrogen) atoms. The maximum Gasteiger partial charge on any atom is 0.406 e. The van der Waals surface area contributed by atoms with Gasteiger partial charge < -0.3 is 9.80 Å². The van der Waals surface area contributed by atoms with E-state index >= 15 is 0 Å². The van der Waals surface area contributed by atoms with E-state index in [1.807, 2.05) is 6.07 Å². The second-order valence-electron chi connectivity index (χ2n) is 5.46. The Kier molecular flexibility index (Phi) is 5.78. The highest BCUT2D eigenvalue weighted by molar-refractivity contribution is 7.16. The number of nitrogens with zero attached hydrogens (tertiary/aromatic N) is 3. The third kappa shape index (κ3) is 5.28. The van der Waals surface area contributed by atoms with E-state index in [1.165, 1.54) is 20.3 Å². The Hall–Kier alpha value is -2.42. The van der Waals surface area contributed by atoms with Crippen LogP contribution in [-0.2, 0) is 4.79 Å². The molecule has 0 spiro atoms. The second-order valence-corrected chi connectivity index (χ2v) is 6.49. The maximum absolute atomic E-state index is 12.8. The van der Waals surface area contributed by atoms with Crippen molar-refractivity contribution in [2.45, 2.75) is 6.18 Å². The van der Waals surface area contributed by atoms with Crippen LogP contribution in [0.1, 0.15) is 9.67 Å². The topological polar surface area (TPSA) is 53.5 Å². The first-order valence-electron chi connectivity index (χ1n) is 7.25. The van der Waals surface area contributed by atoms with Crippen LogP contribution in [0.25, 0.3) is 10.6 Å². The SMILES string of the molecule is CN(C)C(=O)CN(CC(F)(F)F)C(=O)c1cnc(-c2ccccc2)s1. The number of thiazole rings is 1. The number of benzene rings is 1. The van der Waals surface area contributed by atoms with Gasteiger partial charge in [-0.3, -0.25) is 9.59 Å². The standard InChI is InChI=1S/C16H16F3N3O2S/c1-21(2)13(23)9-22(10-16(17,18)19)15(24)12-8-20-14(25-12)11-6-4-3-5-7-11/h3-8H,9-10H2,1-2H3. The van der Waals surface area contributed by atoms with Crippen molar-refractivity contribution < 1.29 is 22.8 Å². The minimum atomic E-state index is -4.60. The van der Waals surface area contributed by atoms with Crippen LogP contribution in [0.15, 0.2) is 36.5 Å². The second kappa shape index (κ2) is 7.64. The molecule has 9 heteroatoms. The van der Waals surface area contributed by atoms with Crippen molar-refractivity contribution in [2.24, 2.45) is 0 Å². The highest BCUT2D eigenvalue weighted by atomic mass is 32.1. The number of carbonyl (C=O) groups excluding carboxylic acids is 2. The Morgan fingerprint density at radius 3 is 2.36 bits per heavy atom. The van der Waals surface area contributed by atoms with E-state index in [2.05, 4.69) is 4.98 Å². The van der Waals surface area contributed by atoms with Crippen molar-refractivity contribution in [3.05, 3.63) is 41.4 Å². The lowest BCUT2D eigenvalue weighted by atomic mass is 10.2. The zero-order chi connectivity index (χ0) is 18.6. The number of aromatic nitrogens is 1. The first-order valence-corrected chi connectivity index (χ1v) is 8.06. The normalized spacial score (nSPS) is 11.2. The zero-order valence-corrected chi connectivity index (χ0v) is 14.4. The van der Waals surface area contributed by atoms with Gasteiger partial charge in [0.1, 0.15) is 23.0 Å². The predicted octanol–water partition coefficient (Wildman–Crippen LogP) is 2.90. The van der Waals surface area contributed by atoms with Crippen LogP contribution in [0.4, 0.5) is 13.2 Å². The summed E-state index contributed by atoms with van der Waals surface area (Å²) < 4.78 is 38.3. The predicted molar refractivity (Wildman–Crippen MR) is 88.2 cm³/mol. The van der Waals surface area contributed by atoms with Gasteiger partial charge in [0.2, 0.25) is 5.91 Å². The molecule has 5 nitrogen and oxygen atoms in total. The third-order valence-electron chi connectivity index (χ3n) is 3.22. The van der Waals surface area contributed by atoms with Gasteiger partial charge in [0, 0.05) is 19.7 Å². The first kappa shape index (κ1) is 18.9. The van der Waals surface area contributed by atoms with E-state index in [9.17, 15) is 22.8 Å². The van der Waals surface area contributed by atoms with Crippen LogP contribution < -0.4 is 0 Å². The zero-order valence-electron chi connectivity index (χ0n) is 13.6. The third-order valence-corrected chi connectivity index (χ3v) is 4.25. The van der Waals surface area contributed by atoms with Crippen molar-refractivity contribution in [1.82, 2.24) is 14.8 Å². The van der Waals surface area contributed by atoms with Gasteiger partial charge in [-0.1, -0.05) is 30.3 Å². The van der Waals surface area contributed by atoms with Crippen molar-refractivity contribution in [2.75, 3.05) is 27.2 Å². The molecular formula is C16H16F3N3O2S. The molecule has 0 bridgehead atoms. The fraction of sp³-hybridized carbons (Fsp3) is 0.312. The number of hydrogen-bond donors (Lipinski definition) is 0. The van der Waals surface area contributed by atoms with Gasteiger partial charge in [0.15, 0.2) is 0 Å². The average molecular weight is 371 g/mol. The van der Waals surface area contributed by atoms with E-state index < -0.39 is 31.1 Å². The summed E-state index contributed by atoms with van der Waals surface area (Å²) in [5.41, 5.74) is 0.762. The minimum Gasteiger partial charge on any atom is -0.347 e. The fourth-order valence-corrected chi connectivity index (χ4v) is 2.85. The van der Waals surface area contributed by atoms with Crippen LogP contribution in [0.2, 0.25) is 0 Å². The number of alkyl halides is 3.